The molecule has 0 spiro atoms. The Bertz CT molecular complexity index is 764. The monoisotopic (exact) mass is 291 g/mol. The van der Waals surface area contributed by atoms with Gasteiger partial charge in [-0.25, -0.2) is 0 Å². The molecule has 0 radical (unpaired) electrons. The number of guanidine groups is 1. The van der Waals surface area contributed by atoms with Crippen molar-refractivity contribution in [1.82, 2.24) is 4.90 Å². The maximum atomic E-state index is 12.6. The Morgan fingerprint density at radius 1 is 1.09 bits per heavy atom. The first-order valence-corrected chi connectivity index (χ1v) is 7.52. The lowest BCUT2D eigenvalue weighted by Crippen LogP contribution is -2.49. The van der Waals surface area contributed by atoms with Gasteiger partial charge in [0.05, 0.1) is 24.3 Å². The van der Waals surface area contributed by atoms with Crippen LogP contribution in [0.4, 0.5) is 5.69 Å². The van der Waals surface area contributed by atoms with E-state index in [-0.39, 0.29) is 5.91 Å². The third kappa shape index (κ3) is 1.99. The highest BCUT2D eigenvalue weighted by Gasteiger charge is 2.36. The summed E-state index contributed by atoms with van der Waals surface area (Å²) in [4.78, 5) is 21.0. The summed E-state index contributed by atoms with van der Waals surface area (Å²) in [5.41, 5.74) is 4.17. The molecule has 0 saturated heterocycles. The number of fused-ring (bicyclic) bond motifs is 2. The van der Waals surface area contributed by atoms with Gasteiger partial charge in [-0.15, -0.1) is 0 Å². The lowest BCUT2D eigenvalue weighted by Gasteiger charge is -2.36. The Kier molecular flexibility index (Phi) is 2.96. The molecule has 0 aromatic heterocycles. The zero-order valence-electron chi connectivity index (χ0n) is 12.5. The molecule has 1 amide bonds. The van der Waals surface area contributed by atoms with Crippen molar-refractivity contribution in [3.63, 3.8) is 0 Å². The Morgan fingerprint density at radius 3 is 2.68 bits per heavy atom. The molecule has 0 fully saturated rings. The lowest BCUT2D eigenvalue weighted by atomic mass is 10.1. The first-order chi connectivity index (χ1) is 10.7. The van der Waals surface area contributed by atoms with Crippen LogP contribution in [0.25, 0.3) is 0 Å². The standard InChI is InChI=1S/C18H17N3O/c1-13-6-8-14(9-7-13)12-21-16-5-3-2-4-15(16)17(22)20-11-10-19-18(20)21/h2-9H,10-12H2,1H3. The first kappa shape index (κ1) is 13.1. The summed E-state index contributed by atoms with van der Waals surface area (Å²) in [6.45, 7) is 4.16. The van der Waals surface area contributed by atoms with Gasteiger partial charge in [0, 0.05) is 6.54 Å². The summed E-state index contributed by atoms with van der Waals surface area (Å²) in [5, 5.41) is 0. The Labute approximate surface area is 129 Å². The fourth-order valence-corrected chi connectivity index (χ4v) is 3.03. The van der Waals surface area contributed by atoms with Crippen LogP contribution in [0, 0.1) is 6.92 Å². The van der Waals surface area contributed by atoms with Gasteiger partial charge in [0.15, 0.2) is 0 Å². The summed E-state index contributed by atoms with van der Waals surface area (Å²) in [6, 6.07) is 16.3. The quantitative estimate of drug-likeness (QED) is 0.853. The number of para-hydroxylation sites is 1. The Hall–Kier alpha value is -2.62. The lowest BCUT2D eigenvalue weighted by molar-refractivity contribution is 0.0851. The zero-order chi connectivity index (χ0) is 15.1. The van der Waals surface area contributed by atoms with Gasteiger partial charge >= 0.3 is 0 Å². The Balaban J connectivity index is 1.77. The largest absolute Gasteiger partial charge is 0.307 e. The number of anilines is 1. The average molecular weight is 291 g/mol. The van der Waals surface area contributed by atoms with E-state index < -0.39 is 0 Å². The van der Waals surface area contributed by atoms with E-state index in [1.807, 2.05) is 24.3 Å². The molecule has 110 valence electrons. The van der Waals surface area contributed by atoms with Gasteiger partial charge in [0.2, 0.25) is 5.96 Å². The molecule has 0 saturated carbocycles. The van der Waals surface area contributed by atoms with Crippen molar-refractivity contribution in [1.29, 1.82) is 0 Å². The number of amides is 1. The summed E-state index contributed by atoms with van der Waals surface area (Å²) in [6.07, 6.45) is 0. The minimum Gasteiger partial charge on any atom is -0.307 e. The molecule has 0 atom stereocenters. The van der Waals surface area contributed by atoms with Crippen LogP contribution in [0.1, 0.15) is 21.5 Å². The van der Waals surface area contributed by atoms with Crippen LogP contribution in [0.5, 0.6) is 0 Å². The molecule has 0 N–H and O–H groups in total. The number of aryl methyl sites for hydroxylation is 1. The molecule has 2 aliphatic rings. The SMILES string of the molecule is Cc1ccc(CN2C3=NCCN3C(=O)c3ccccc32)cc1. The average Bonchev–Trinajstić information content (AvgIpc) is 3.03. The van der Waals surface area contributed by atoms with Crippen LogP contribution in [0.15, 0.2) is 53.5 Å². The highest BCUT2D eigenvalue weighted by atomic mass is 16.2. The molecule has 2 aromatic carbocycles. The van der Waals surface area contributed by atoms with Crippen molar-refractivity contribution >= 4 is 17.6 Å². The van der Waals surface area contributed by atoms with E-state index in [1.165, 1.54) is 11.1 Å². The van der Waals surface area contributed by atoms with Gasteiger partial charge in [-0.2, -0.15) is 0 Å². The molecule has 2 heterocycles. The van der Waals surface area contributed by atoms with E-state index in [0.29, 0.717) is 13.1 Å². The minimum absolute atomic E-state index is 0.0620. The number of hydrogen-bond donors (Lipinski definition) is 0. The smallest absolute Gasteiger partial charge is 0.262 e. The number of nitrogens with zero attached hydrogens (tertiary/aromatic N) is 3. The second-order valence-electron chi connectivity index (χ2n) is 5.73. The normalized spacial score (nSPS) is 16.4. The van der Waals surface area contributed by atoms with Crippen molar-refractivity contribution in [3.8, 4) is 0 Å². The summed E-state index contributed by atoms with van der Waals surface area (Å²) >= 11 is 0. The van der Waals surface area contributed by atoms with E-state index in [1.54, 1.807) is 4.90 Å². The van der Waals surface area contributed by atoms with Crippen molar-refractivity contribution in [2.75, 3.05) is 18.0 Å². The number of rotatable bonds is 2. The van der Waals surface area contributed by atoms with E-state index in [9.17, 15) is 4.79 Å². The van der Waals surface area contributed by atoms with Crippen LogP contribution in [-0.4, -0.2) is 29.9 Å². The second-order valence-corrected chi connectivity index (χ2v) is 5.73. The van der Waals surface area contributed by atoms with Gasteiger partial charge in [-0.05, 0) is 24.6 Å². The first-order valence-electron chi connectivity index (χ1n) is 7.52. The number of aliphatic imine (C=N–C) groups is 1. The number of hydrogen-bond acceptors (Lipinski definition) is 3. The second kappa shape index (κ2) is 4.98. The van der Waals surface area contributed by atoms with Crippen molar-refractivity contribution in [2.24, 2.45) is 4.99 Å². The van der Waals surface area contributed by atoms with Crippen LogP contribution in [0.3, 0.4) is 0 Å². The van der Waals surface area contributed by atoms with Crippen LogP contribution in [-0.2, 0) is 6.54 Å². The summed E-state index contributed by atoms with van der Waals surface area (Å²) < 4.78 is 0. The predicted molar refractivity (Wildman–Crippen MR) is 87.1 cm³/mol. The van der Waals surface area contributed by atoms with Crippen LogP contribution in [0.2, 0.25) is 0 Å². The maximum Gasteiger partial charge on any atom is 0.262 e. The van der Waals surface area contributed by atoms with Gasteiger partial charge in [0.25, 0.3) is 5.91 Å². The Morgan fingerprint density at radius 2 is 1.86 bits per heavy atom. The van der Waals surface area contributed by atoms with Gasteiger partial charge < -0.3 is 4.90 Å². The number of benzene rings is 2. The van der Waals surface area contributed by atoms with E-state index in [4.69, 9.17) is 0 Å². The third-order valence-corrected chi connectivity index (χ3v) is 4.19. The molecule has 2 aliphatic heterocycles. The molecule has 0 unspecified atom stereocenters. The van der Waals surface area contributed by atoms with Crippen molar-refractivity contribution < 1.29 is 4.79 Å². The molecular weight excluding hydrogens is 274 g/mol. The fourth-order valence-electron chi connectivity index (χ4n) is 3.03. The van der Waals surface area contributed by atoms with Gasteiger partial charge in [0.1, 0.15) is 0 Å². The molecule has 4 nitrogen and oxygen atoms in total. The topological polar surface area (TPSA) is 35.9 Å². The molecule has 2 aromatic rings. The highest BCUT2D eigenvalue weighted by Crippen LogP contribution is 2.31. The summed E-state index contributed by atoms with van der Waals surface area (Å²) in [7, 11) is 0. The molecule has 4 rings (SSSR count). The van der Waals surface area contributed by atoms with Crippen molar-refractivity contribution in [2.45, 2.75) is 13.5 Å². The highest BCUT2D eigenvalue weighted by molar-refractivity contribution is 6.19. The van der Waals surface area contributed by atoms with Gasteiger partial charge in [-0.1, -0.05) is 42.0 Å². The van der Waals surface area contributed by atoms with Gasteiger partial charge in [-0.3, -0.25) is 14.7 Å². The van der Waals surface area contributed by atoms with Crippen LogP contribution >= 0.6 is 0 Å². The third-order valence-electron chi connectivity index (χ3n) is 4.19. The zero-order valence-corrected chi connectivity index (χ0v) is 12.5. The molecular formula is C18H17N3O. The van der Waals surface area contributed by atoms with E-state index in [2.05, 4.69) is 41.1 Å². The molecule has 4 heteroatoms. The predicted octanol–water partition coefficient (Wildman–Crippen LogP) is 2.83. The molecule has 0 aliphatic carbocycles. The molecule has 0 bridgehead atoms. The number of carbonyl (C=O) groups excluding carboxylic acids is 1. The number of carbonyl (C=O) groups is 1. The minimum atomic E-state index is 0.0620. The maximum absolute atomic E-state index is 12.6. The van der Waals surface area contributed by atoms with E-state index in [0.717, 1.165) is 23.8 Å². The molecule has 22 heavy (non-hydrogen) atoms. The fraction of sp³-hybridized carbons (Fsp3) is 0.222. The van der Waals surface area contributed by atoms with Crippen LogP contribution < -0.4 is 4.90 Å². The van der Waals surface area contributed by atoms with E-state index >= 15 is 0 Å². The van der Waals surface area contributed by atoms with Crippen molar-refractivity contribution in [3.05, 3.63) is 65.2 Å². The summed E-state index contributed by atoms with van der Waals surface area (Å²) in [5.74, 6) is 0.844.